The Morgan fingerprint density at radius 2 is 1.81 bits per heavy atom. The van der Waals surface area contributed by atoms with Crippen molar-refractivity contribution in [3.8, 4) is 0 Å². The lowest BCUT2D eigenvalue weighted by molar-refractivity contribution is -0.148. The maximum Gasteiger partial charge on any atom is 0.316 e. The number of Topliss-reactive ketones (excluding diaryl/α,β-unsaturated/α-hetero) is 1. The first kappa shape index (κ1) is 12.4. The summed E-state index contributed by atoms with van der Waals surface area (Å²) in [6.45, 7) is 3.41. The minimum Gasteiger partial charge on any atom is -0.468 e. The van der Waals surface area contributed by atoms with Gasteiger partial charge in [-0.25, -0.2) is 0 Å². The molecule has 0 aliphatic heterocycles. The van der Waals surface area contributed by atoms with Gasteiger partial charge in [0.1, 0.15) is 11.7 Å². The molecule has 0 spiro atoms. The molecule has 0 fully saturated rings. The van der Waals surface area contributed by atoms with Gasteiger partial charge < -0.3 is 4.74 Å². The van der Waals surface area contributed by atoms with Crippen LogP contribution in [0.4, 0.5) is 0 Å². The monoisotopic (exact) mass is 220 g/mol. The van der Waals surface area contributed by atoms with Gasteiger partial charge in [-0.2, -0.15) is 0 Å². The van der Waals surface area contributed by atoms with Crippen molar-refractivity contribution in [2.45, 2.75) is 20.3 Å². The van der Waals surface area contributed by atoms with Gasteiger partial charge in [-0.3, -0.25) is 9.59 Å². The molecule has 0 saturated heterocycles. The summed E-state index contributed by atoms with van der Waals surface area (Å²) in [5.41, 5.74) is 2.12. The molecular formula is C13H16O3. The Bertz CT molecular complexity index is 379. The predicted molar refractivity (Wildman–Crippen MR) is 61.1 cm³/mol. The second-order valence-corrected chi connectivity index (χ2v) is 3.88. The number of hydrogen-bond acceptors (Lipinski definition) is 3. The zero-order chi connectivity index (χ0) is 12.1. The van der Waals surface area contributed by atoms with Crippen LogP contribution in [0.15, 0.2) is 24.3 Å². The summed E-state index contributed by atoms with van der Waals surface area (Å²) in [6.07, 6.45) is 0.405. The molecule has 0 aliphatic rings. The normalized spacial score (nSPS) is 11.9. The fourth-order valence-corrected chi connectivity index (χ4v) is 1.50. The van der Waals surface area contributed by atoms with Gasteiger partial charge in [0.25, 0.3) is 0 Å². The average Bonchev–Trinajstić information content (AvgIpc) is 2.27. The van der Waals surface area contributed by atoms with Crippen LogP contribution in [0.5, 0.6) is 0 Å². The van der Waals surface area contributed by atoms with Gasteiger partial charge in [-0.05, 0) is 25.8 Å². The number of rotatable bonds is 4. The van der Waals surface area contributed by atoms with Crippen LogP contribution in [0.1, 0.15) is 18.1 Å². The number of carbonyl (C=O) groups is 2. The summed E-state index contributed by atoms with van der Waals surface area (Å²) >= 11 is 0. The Labute approximate surface area is 95.4 Å². The zero-order valence-electron chi connectivity index (χ0n) is 9.82. The first-order chi connectivity index (χ1) is 7.54. The molecule has 3 heteroatoms. The van der Waals surface area contributed by atoms with Gasteiger partial charge in [0, 0.05) is 0 Å². The molecule has 0 aliphatic carbocycles. The van der Waals surface area contributed by atoms with Gasteiger partial charge in [0.2, 0.25) is 0 Å². The standard InChI is InChI=1S/C13H16O3/c1-9-4-6-11(7-5-9)8-12(10(2)14)13(15)16-3/h4-7,12H,8H2,1-3H3. The average molecular weight is 220 g/mol. The second-order valence-electron chi connectivity index (χ2n) is 3.88. The van der Waals surface area contributed by atoms with Crippen molar-refractivity contribution < 1.29 is 14.3 Å². The molecule has 86 valence electrons. The minimum absolute atomic E-state index is 0.160. The predicted octanol–water partition coefficient (Wildman–Crippen LogP) is 1.92. The quantitative estimate of drug-likeness (QED) is 0.575. The highest BCUT2D eigenvalue weighted by molar-refractivity contribution is 5.97. The number of ether oxygens (including phenoxy) is 1. The third kappa shape index (κ3) is 3.19. The summed E-state index contributed by atoms with van der Waals surface area (Å²) in [6, 6.07) is 7.77. The van der Waals surface area contributed by atoms with E-state index in [0.717, 1.165) is 11.1 Å². The Morgan fingerprint density at radius 1 is 1.25 bits per heavy atom. The number of esters is 1. The zero-order valence-corrected chi connectivity index (χ0v) is 9.82. The molecular weight excluding hydrogens is 204 g/mol. The topological polar surface area (TPSA) is 43.4 Å². The van der Waals surface area contributed by atoms with Crippen LogP contribution in [0.3, 0.4) is 0 Å². The van der Waals surface area contributed by atoms with Crippen LogP contribution < -0.4 is 0 Å². The highest BCUT2D eigenvalue weighted by Gasteiger charge is 2.24. The Kier molecular flexibility index (Phi) is 4.23. The molecule has 0 aromatic heterocycles. The summed E-state index contributed by atoms with van der Waals surface area (Å²) < 4.78 is 4.61. The molecule has 0 N–H and O–H groups in total. The van der Waals surface area contributed by atoms with E-state index in [1.807, 2.05) is 31.2 Å². The number of carbonyl (C=O) groups excluding carboxylic acids is 2. The molecule has 0 heterocycles. The molecule has 1 rings (SSSR count). The minimum atomic E-state index is -0.687. The van der Waals surface area contributed by atoms with Crippen LogP contribution >= 0.6 is 0 Å². The van der Waals surface area contributed by atoms with Crippen LogP contribution in [0.2, 0.25) is 0 Å². The largest absolute Gasteiger partial charge is 0.468 e. The third-order valence-electron chi connectivity index (χ3n) is 2.54. The van der Waals surface area contributed by atoms with E-state index in [1.54, 1.807) is 0 Å². The summed E-state index contributed by atoms with van der Waals surface area (Å²) in [4.78, 5) is 22.7. The number of ketones is 1. The van der Waals surface area contributed by atoms with E-state index in [4.69, 9.17) is 0 Å². The lowest BCUT2D eigenvalue weighted by Crippen LogP contribution is -2.25. The second kappa shape index (κ2) is 5.45. The van der Waals surface area contributed by atoms with E-state index in [2.05, 4.69) is 4.74 Å². The molecule has 1 unspecified atom stereocenters. The molecule has 16 heavy (non-hydrogen) atoms. The molecule has 1 atom stereocenters. The van der Waals surface area contributed by atoms with Gasteiger partial charge in [0.05, 0.1) is 7.11 Å². The summed E-state index contributed by atoms with van der Waals surface area (Å²) in [7, 11) is 1.30. The first-order valence-electron chi connectivity index (χ1n) is 5.18. The summed E-state index contributed by atoms with van der Waals surface area (Å²) in [5, 5.41) is 0. The third-order valence-corrected chi connectivity index (χ3v) is 2.54. The van der Waals surface area contributed by atoms with Crippen molar-refractivity contribution >= 4 is 11.8 Å². The number of aryl methyl sites for hydroxylation is 1. The summed E-state index contributed by atoms with van der Waals surface area (Å²) in [5.74, 6) is -1.31. The first-order valence-corrected chi connectivity index (χ1v) is 5.18. The molecule has 3 nitrogen and oxygen atoms in total. The highest BCUT2D eigenvalue weighted by atomic mass is 16.5. The molecule has 1 aromatic carbocycles. The van der Waals surface area contributed by atoms with Crippen molar-refractivity contribution in [3.63, 3.8) is 0 Å². The van der Waals surface area contributed by atoms with Gasteiger partial charge >= 0.3 is 5.97 Å². The fourth-order valence-electron chi connectivity index (χ4n) is 1.50. The van der Waals surface area contributed by atoms with Crippen molar-refractivity contribution in [2.24, 2.45) is 5.92 Å². The molecule has 0 bridgehead atoms. The van der Waals surface area contributed by atoms with Gasteiger partial charge in [-0.1, -0.05) is 29.8 Å². The van der Waals surface area contributed by atoms with Crippen molar-refractivity contribution in [1.82, 2.24) is 0 Å². The Morgan fingerprint density at radius 3 is 2.25 bits per heavy atom. The molecule has 0 amide bonds. The van der Waals surface area contributed by atoms with Crippen LogP contribution in [-0.4, -0.2) is 18.9 Å². The van der Waals surface area contributed by atoms with E-state index in [9.17, 15) is 9.59 Å². The van der Waals surface area contributed by atoms with Crippen LogP contribution in [-0.2, 0) is 20.7 Å². The number of hydrogen-bond donors (Lipinski definition) is 0. The maximum atomic E-state index is 11.4. The van der Waals surface area contributed by atoms with Crippen molar-refractivity contribution in [1.29, 1.82) is 0 Å². The Hall–Kier alpha value is -1.64. The number of methoxy groups -OCH3 is 1. The molecule has 1 aromatic rings. The van der Waals surface area contributed by atoms with Crippen molar-refractivity contribution in [3.05, 3.63) is 35.4 Å². The van der Waals surface area contributed by atoms with Gasteiger partial charge in [-0.15, -0.1) is 0 Å². The van der Waals surface area contributed by atoms with Crippen LogP contribution in [0.25, 0.3) is 0 Å². The van der Waals surface area contributed by atoms with E-state index in [0.29, 0.717) is 6.42 Å². The van der Waals surface area contributed by atoms with E-state index >= 15 is 0 Å². The molecule has 0 saturated carbocycles. The fraction of sp³-hybridized carbons (Fsp3) is 0.385. The highest BCUT2D eigenvalue weighted by Crippen LogP contribution is 2.12. The smallest absolute Gasteiger partial charge is 0.316 e. The van der Waals surface area contributed by atoms with E-state index in [-0.39, 0.29) is 5.78 Å². The lowest BCUT2D eigenvalue weighted by Gasteiger charge is -2.11. The van der Waals surface area contributed by atoms with E-state index in [1.165, 1.54) is 14.0 Å². The van der Waals surface area contributed by atoms with Crippen LogP contribution in [0, 0.1) is 12.8 Å². The van der Waals surface area contributed by atoms with Crippen molar-refractivity contribution in [2.75, 3.05) is 7.11 Å². The lowest BCUT2D eigenvalue weighted by atomic mass is 9.95. The number of benzene rings is 1. The van der Waals surface area contributed by atoms with Gasteiger partial charge in [0.15, 0.2) is 0 Å². The van der Waals surface area contributed by atoms with E-state index < -0.39 is 11.9 Å². The molecule has 0 radical (unpaired) electrons. The maximum absolute atomic E-state index is 11.4. The SMILES string of the molecule is COC(=O)C(Cc1ccc(C)cc1)C(C)=O. The Balaban J connectivity index is 2.80.